The highest BCUT2D eigenvalue weighted by molar-refractivity contribution is 7.92. The highest BCUT2D eigenvalue weighted by atomic mass is 32.2. The van der Waals surface area contributed by atoms with Crippen LogP contribution in [0.4, 0.5) is 5.69 Å². The Morgan fingerprint density at radius 3 is 2.41 bits per heavy atom. The Morgan fingerprint density at radius 1 is 1.03 bits per heavy atom. The number of nitrogens with one attached hydrogen (secondary N) is 2. The molecule has 0 saturated heterocycles. The number of sulfonamides is 1. The highest BCUT2D eigenvalue weighted by Gasteiger charge is 2.13. The van der Waals surface area contributed by atoms with Gasteiger partial charge in [0.05, 0.1) is 24.7 Å². The Kier molecular flexibility index (Phi) is 8.51. The number of phenolic OH excluding ortho intramolecular Hbond substituents is 1. The van der Waals surface area contributed by atoms with Crippen LogP contribution in [0.25, 0.3) is 11.1 Å². The molecule has 0 spiro atoms. The predicted octanol–water partition coefficient (Wildman–Crippen LogP) is 2.93. The maximum atomic E-state index is 11.4. The van der Waals surface area contributed by atoms with Crippen LogP contribution in [0, 0.1) is 6.92 Å². The van der Waals surface area contributed by atoms with Crippen LogP contribution in [0.1, 0.15) is 22.8 Å². The lowest BCUT2D eigenvalue weighted by atomic mass is 9.99. The van der Waals surface area contributed by atoms with Gasteiger partial charge in [0.15, 0.2) is 0 Å². The van der Waals surface area contributed by atoms with Crippen molar-refractivity contribution in [2.75, 3.05) is 30.7 Å². The zero-order chi connectivity index (χ0) is 24.7. The van der Waals surface area contributed by atoms with Crippen LogP contribution < -0.4 is 14.8 Å². The third kappa shape index (κ3) is 7.19. The fourth-order valence-electron chi connectivity index (χ4n) is 3.48. The van der Waals surface area contributed by atoms with Crippen LogP contribution in [-0.4, -0.2) is 49.7 Å². The lowest BCUT2D eigenvalue weighted by Crippen LogP contribution is -2.26. The van der Waals surface area contributed by atoms with Gasteiger partial charge in [0.1, 0.15) is 18.1 Å². The first-order valence-corrected chi connectivity index (χ1v) is 12.7. The van der Waals surface area contributed by atoms with E-state index in [2.05, 4.69) is 10.0 Å². The molecule has 0 radical (unpaired) electrons. The van der Waals surface area contributed by atoms with Gasteiger partial charge in [0, 0.05) is 13.1 Å². The molecular formula is C25H30N2O6S. The van der Waals surface area contributed by atoms with Crippen molar-refractivity contribution in [3.8, 4) is 22.6 Å². The smallest absolute Gasteiger partial charge is 0.229 e. The fraction of sp³-hybridized carbons (Fsp3) is 0.280. The molecule has 0 heterocycles. The summed E-state index contributed by atoms with van der Waals surface area (Å²) in [5, 5.41) is 32.5. The Balaban J connectivity index is 1.48. The SMILES string of the molecule is Cc1cc(OCCNC[C@H](O)c2ccc(O)c(NS(C)(=O)=O)c2)ccc1-c1ccc(CO)cc1. The summed E-state index contributed by atoms with van der Waals surface area (Å²) in [4.78, 5) is 0. The summed E-state index contributed by atoms with van der Waals surface area (Å²) in [6.45, 7) is 3.16. The van der Waals surface area contributed by atoms with Gasteiger partial charge in [-0.25, -0.2) is 8.42 Å². The summed E-state index contributed by atoms with van der Waals surface area (Å²) in [5.74, 6) is 0.525. The normalized spacial score (nSPS) is 12.4. The summed E-state index contributed by atoms with van der Waals surface area (Å²) >= 11 is 0. The molecule has 0 amide bonds. The van der Waals surface area contributed by atoms with Gasteiger partial charge >= 0.3 is 0 Å². The number of ether oxygens (including phenoxy) is 1. The maximum Gasteiger partial charge on any atom is 0.229 e. The van der Waals surface area contributed by atoms with Crippen molar-refractivity contribution in [2.45, 2.75) is 19.6 Å². The average Bonchev–Trinajstić information content (AvgIpc) is 2.79. The molecule has 0 aliphatic rings. The molecule has 9 heteroatoms. The first-order chi connectivity index (χ1) is 16.2. The summed E-state index contributed by atoms with van der Waals surface area (Å²) in [6.07, 6.45) is 0.0982. The van der Waals surface area contributed by atoms with E-state index in [9.17, 15) is 23.7 Å². The quantitative estimate of drug-likeness (QED) is 0.208. The van der Waals surface area contributed by atoms with Gasteiger partial charge in [-0.3, -0.25) is 4.72 Å². The topological polar surface area (TPSA) is 128 Å². The van der Waals surface area contributed by atoms with Gasteiger partial charge in [-0.05, 0) is 59.0 Å². The number of aliphatic hydroxyl groups is 2. The molecule has 0 aliphatic heterocycles. The number of anilines is 1. The van der Waals surface area contributed by atoms with Gasteiger partial charge in [-0.1, -0.05) is 36.4 Å². The third-order valence-corrected chi connectivity index (χ3v) is 5.82. The van der Waals surface area contributed by atoms with Crippen molar-refractivity contribution in [3.05, 3.63) is 77.4 Å². The number of aryl methyl sites for hydroxylation is 1. The van der Waals surface area contributed by atoms with Gasteiger partial charge in [0.2, 0.25) is 10.0 Å². The highest BCUT2D eigenvalue weighted by Crippen LogP contribution is 2.28. The second-order valence-corrected chi connectivity index (χ2v) is 9.80. The Labute approximate surface area is 199 Å². The van der Waals surface area contributed by atoms with E-state index >= 15 is 0 Å². The fourth-order valence-corrected chi connectivity index (χ4v) is 4.04. The molecule has 8 nitrogen and oxygen atoms in total. The molecule has 0 aromatic heterocycles. The molecule has 0 unspecified atom stereocenters. The summed E-state index contributed by atoms with van der Waals surface area (Å²) in [5.41, 5.74) is 4.60. The first kappa shape index (κ1) is 25.5. The van der Waals surface area contributed by atoms with Crippen molar-refractivity contribution >= 4 is 15.7 Å². The summed E-state index contributed by atoms with van der Waals surface area (Å²) in [6, 6.07) is 17.9. The number of aliphatic hydroxyl groups excluding tert-OH is 2. The molecule has 0 fully saturated rings. The van der Waals surface area contributed by atoms with Crippen LogP contribution >= 0.6 is 0 Å². The number of hydrogen-bond acceptors (Lipinski definition) is 7. The van der Waals surface area contributed by atoms with Gasteiger partial charge in [-0.15, -0.1) is 0 Å². The molecule has 3 rings (SSSR count). The van der Waals surface area contributed by atoms with E-state index in [-0.39, 0.29) is 24.6 Å². The zero-order valence-corrected chi connectivity index (χ0v) is 20.0. The monoisotopic (exact) mass is 486 g/mol. The van der Waals surface area contributed by atoms with E-state index in [1.165, 1.54) is 18.2 Å². The second kappa shape index (κ2) is 11.3. The van der Waals surface area contributed by atoms with Crippen molar-refractivity contribution in [1.29, 1.82) is 0 Å². The summed E-state index contributed by atoms with van der Waals surface area (Å²) < 4.78 is 30.9. The van der Waals surface area contributed by atoms with Crippen molar-refractivity contribution in [1.82, 2.24) is 5.32 Å². The Hall–Kier alpha value is -3.11. The molecule has 0 saturated carbocycles. The maximum absolute atomic E-state index is 11.4. The molecule has 3 aromatic rings. The van der Waals surface area contributed by atoms with Crippen molar-refractivity contribution in [3.63, 3.8) is 0 Å². The van der Waals surface area contributed by atoms with Crippen LogP contribution in [0.2, 0.25) is 0 Å². The Morgan fingerprint density at radius 2 is 1.76 bits per heavy atom. The number of aromatic hydroxyl groups is 1. The summed E-state index contributed by atoms with van der Waals surface area (Å²) in [7, 11) is -3.55. The van der Waals surface area contributed by atoms with Crippen LogP contribution in [0.5, 0.6) is 11.5 Å². The average molecular weight is 487 g/mol. The lowest BCUT2D eigenvalue weighted by molar-refractivity contribution is 0.172. The van der Waals surface area contributed by atoms with E-state index in [0.717, 1.165) is 34.3 Å². The minimum Gasteiger partial charge on any atom is -0.506 e. The second-order valence-electron chi connectivity index (χ2n) is 8.05. The van der Waals surface area contributed by atoms with Crippen LogP contribution in [0.15, 0.2) is 60.7 Å². The first-order valence-electron chi connectivity index (χ1n) is 10.8. The molecule has 34 heavy (non-hydrogen) atoms. The molecule has 3 aromatic carbocycles. The predicted molar refractivity (Wildman–Crippen MR) is 132 cm³/mol. The Bertz CT molecular complexity index is 1210. The number of benzene rings is 3. The molecule has 0 aliphatic carbocycles. The molecule has 0 bridgehead atoms. The lowest BCUT2D eigenvalue weighted by Gasteiger charge is -2.15. The molecule has 182 valence electrons. The van der Waals surface area contributed by atoms with E-state index in [0.29, 0.717) is 18.7 Å². The largest absolute Gasteiger partial charge is 0.506 e. The van der Waals surface area contributed by atoms with Gasteiger partial charge in [-0.2, -0.15) is 0 Å². The van der Waals surface area contributed by atoms with Gasteiger partial charge < -0.3 is 25.4 Å². The molecule has 5 N–H and O–H groups in total. The minimum atomic E-state index is -3.55. The molecule has 1 atom stereocenters. The minimum absolute atomic E-state index is 0.0190. The van der Waals surface area contributed by atoms with Crippen LogP contribution in [-0.2, 0) is 16.6 Å². The van der Waals surface area contributed by atoms with E-state index < -0.39 is 16.1 Å². The van der Waals surface area contributed by atoms with Crippen LogP contribution in [0.3, 0.4) is 0 Å². The zero-order valence-electron chi connectivity index (χ0n) is 19.2. The third-order valence-electron chi connectivity index (χ3n) is 5.23. The standard InChI is InChI=1S/C25H30N2O6S/c1-17-13-21(8-9-22(17)19-5-3-18(16-28)4-6-19)33-12-11-26-15-25(30)20-7-10-24(29)23(14-20)27-34(2,31)32/h3-10,13-14,25-30H,11-12,15-16H2,1-2H3/t25-/m0/s1. The van der Waals surface area contributed by atoms with E-state index in [4.69, 9.17) is 4.74 Å². The van der Waals surface area contributed by atoms with E-state index in [1.54, 1.807) is 0 Å². The van der Waals surface area contributed by atoms with Gasteiger partial charge in [0.25, 0.3) is 0 Å². The number of rotatable bonds is 11. The number of phenols is 1. The molecular weight excluding hydrogens is 456 g/mol. The van der Waals surface area contributed by atoms with Crippen molar-refractivity contribution < 1.29 is 28.5 Å². The van der Waals surface area contributed by atoms with E-state index in [1.807, 2.05) is 49.4 Å². The number of hydrogen-bond donors (Lipinski definition) is 5. The van der Waals surface area contributed by atoms with Crippen molar-refractivity contribution in [2.24, 2.45) is 0 Å².